The minimum Gasteiger partial charge on any atom is -0.384 e. The van der Waals surface area contributed by atoms with E-state index >= 15 is 0 Å². The lowest BCUT2D eigenvalue weighted by atomic mass is 9.77. The molecule has 1 saturated carbocycles. The van der Waals surface area contributed by atoms with Crippen molar-refractivity contribution in [3.05, 3.63) is 21.9 Å². The van der Waals surface area contributed by atoms with Crippen LogP contribution in [0.1, 0.15) is 36.1 Å². The molecule has 0 radical (unpaired) electrons. The van der Waals surface area contributed by atoms with Gasteiger partial charge in [0.05, 0.1) is 18.6 Å². The van der Waals surface area contributed by atoms with Gasteiger partial charge in [0, 0.05) is 22.9 Å². The van der Waals surface area contributed by atoms with Crippen molar-refractivity contribution in [2.45, 2.75) is 37.8 Å². The molecule has 20 heavy (non-hydrogen) atoms. The number of rotatable bonds is 5. The van der Waals surface area contributed by atoms with E-state index in [1.54, 1.807) is 18.4 Å². The number of hydrogen-bond acceptors (Lipinski definition) is 4. The molecule has 1 aromatic heterocycles. The number of hydrogen-bond donors (Lipinski definition) is 2. The van der Waals surface area contributed by atoms with Crippen molar-refractivity contribution in [2.24, 2.45) is 0 Å². The third-order valence-electron chi connectivity index (χ3n) is 3.61. The summed E-state index contributed by atoms with van der Waals surface area (Å²) < 4.78 is 5.44. The monoisotopic (exact) mass is 293 g/mol. The summed E-state index contributed by atoms with van der Waals surface area (Å²) >= 11 is 1.56. The van der Waals surface area contributed by atoms with Crippen LogP contribution in [0.5, 0.6) is 0 Å². The van der Waals surface area contributed by atoms with E-state index in [2.05, 4.69) is 17.2 Å². The molecular weight excluding hydrogens is 274 g/mol. The van der Waals surface area contributed by atoms with Gasteiger partial charge in [-0.15, -0.1) is 11.3 Å². The maximum absolute atomic E-state index is 11.9. The van der Waals surface area contributed by atoms with Crippen LogP contribution in [0.2, 0.25) is 0 Å². The standard InChI is InChI=1S/C15H19NO3S/c1-19-15(5-3-6-15)9-14(18)16-10-13-8-12(11-20-13)4-2-7-17/h8,11,17H,3,5-7,9-10H2,1H3,(H,16,18). The fourth-order valence-corrected chi connectivity index (χ4v) is 3.00. The molecule has 1 aliphatic rings. The lowest BCUT2D eigenvalue weighted by molar-refractivity contribution is -0.134. The lowest BCUT2D eigenvalue weighted by Gasteiger charge is -2.39. The molecule has 2 N–H and O–H groups in total. The van der Waals surface area contributed by atoms with Crippen LogP contribution in [0.25, 0.3) is 0 Å². The molecule has 1 amide bonds. The van der Waals surface area contributed by atoms with Crippen LogP contribution in [-0.4, -0.2) is 30.3 Å². The van der Waals surface area contributed by atoms with Crippen LogP contribution in [0.4, 0.5) is 0 Å². The fourth-order valence-electron chi connectivity index (χ4n) is 2.25. The lowest BCUT2D eigenvalue weighted by Crippen LogP contribution is -2.43. The number of aliphatic hydroxyl groups excluding tert-OH is 1. The van der Waals surface area contributed by atoms with E-state index in [1.807, 2.05) is 11.4 Å². The Morgan fingerprint density at radius 3 is 3.00 bits per heavy atom. The Balaban J connectivity index is 1.79. The number of methoxy groups -OCH3 is 1. The summed E-state index contributed by atoms with van der Waals surface area (Å²) in [6.45, 7) is 0.380. The van der Waals surface area contributed by atoms with Crippen molar-refractivity contribution in [3.8, 4) is 11.8 Å². The second kappa shape index (κ2) is 6.89. The molecule has 1 heterocycles. The van der Waals surface area contributed by atoms with E-state index in [0.717, 1.165) is 29.7 Å². The van der Waals surface area contributed by atoms with Gasteiger partial charge in [0.1, 0.15) is 6.61 Å². The molecule has 0 bridgehead atoms. The van der Waals surface area contributed by atoms with Crippen LogP contribution in [0.15, 0.2) is 11.4 Å². The number of aliphatic hydroxyl groups is 1. The Hall–Kier alpha value is -1.35. The predicted molar refractivity (Wildman–Crippen MR) is 78.3 cm³/mol. The molecule has 0 unspecified atom stereocenters. The van der Waals surface area contributed by atoms with Crippen molar-refractivity contribution in [2.75, 3.05) is 13.7 Å². The normalized spacial score (nSPS) is 15.9. The van der Waals surface area contributed by atoms with Crippen LogP contribution in [0.3, 0.4) is 0 Å². The molecule has 1 aliphatic carbocycles. The second-order valence-corrected chi connectivity index (χ2v) is 5.95. The third kappa shape index (κ3) is 3.83. The first-order chi connectivity index (χ1) is 9.67. The van der Waals surface area contributed by atoms with Crippen LogP contribution in [-0.2, 0) is 16.1 Å². The number of nitrogens with one attached hydrogen (secondary N) is 1. The van der Waals surface area contributed by atoms with Gasteiger partial charge in [-0.25, -0.2) is 0 Å². The maximum atomic E-state index is 11.9. The molecule has 1 fully saturated rings. The first-order valence-electron chi connectivity index (χ1n) is 6.66. The molecule has 4 nitrogen and oxygen atoms in total. The summed E-state index contributed by atoms with van der Waals surface area (Å²) in [6.07, 6.45) is 3.51. The molecule has 0 spiro atoms. The highest BCUT2D eigenvalue weighted by atomic mass is 32.1. The third-order valence-corrected chi connectivity index (χ3v) is 4.54. The first kappa shape index (κ1) is 15.0. The number of amides is 1. The molecular formula is C15H19NO3S. The second-order valence-electron chi connectivity index (χ2n) is 4.96. The highest BCUT2D eigenvalue weighted by Crippen LogP contribution is 2.37. The van der Waals surface area contributed by atoms with Crippen molar-refractivity contribution in [1.82, 2.24) is 5.32 Å². The van der Waals surface area contributed by atoms with Gasteiger partial charge in [0.2, 0.25) is 5.91 Å². The summed E-state index contributed by atoms with van der Waals surface area (Å²) in [5.74, 6) is 5.48. The van der Waals surface area contributed by atoms with Crippen LogP contribution >= 0.6 is 11.3 Å². The van der Waals surface area contributed by atoms with E-state index in [0.29, 0.717) is 13.0 Å². The van der Waals surface area contributed by atoms with Crippen LogP contribution < -0.4 is 5.32 Å². The molecule has 1 aromatic rings. The molecule has 0 saturated heterocycles. The summed E-state index contributed by atoms with van der Waals surface area (Å²) in [7, 11) is 1.68. The SMILES string of the molecule is COC1(CC(=O)NCc2cc(C#CCO)cs2)CCC1. The minimum absolute atomic E-state index is 0.0305. The van der Waals surface area contributed by atoms with Crippen LogP contribution in [0, 0.1) is 11.8 Å². The summed E-state index contributed by atoms with van der Waals surface area (Å²) in [5, 5.41) is 13.5. The van der Waals surface area contributed by atoms with Gasteiger partial charge in [-0.2, -0.15) is 0 Å². The van der Waals surface area contributed by atoms with Gasteiger partial charge in [0.15, 0.2) is 0 Å². The van der Waals surface area contributed by atoms with E-state index in [9.17, 15) is 4.79 Å². The molecule has 108 valence electrons. The Kier molecular flexibility index (Phi) is 5.18. The van der Waals surface area contributed by atoms with Crippen molar-refractivity contribution in [3.63, 3.8) is 0 Å². The summed E-state index contributed by atoms with van der Waals surface area (Å²) in [4.78, 5) is 13.0. The highest BCUT2D eigenvalue weighted by molar-refractivity contribution is 7.10. The zero-order valence-corrected chi connectivity index (χ0v) is 12.4. The van der Waals surface area contributed by atoms with Crippen molar-refractivity contribution < 1.29 is 14.6 Å². The number of carbonyl (C=O) groups excluding carboxylic acids is 1. The smallest absolute Gasteiger partial charge is 0.223 e. The molecule has 2 rings (SSSR count). The molecule has 0 atom stereocenters. The van der Waals surface area contributed by atoms with Gasteiger partial charge in [-0.1, -0.05) is 11.8 Å². The quantitative estimate of drug-likeness (QED) is 0.812. The topological polar surface area (TPSA) is 58.6 Å². The largest absolute Gasteiger partial charge is 0.384 e. The Morgan fingerprint density at radius 2 is 2.40 bits per heavy atom. The molecule has 5 heteroatoms. The average Bonchev–Trinajstić information content (AvgIpc) is 2.86. The first-order valence-corrected chi connectivity index (χ1v) is 7.54. The average molecular weight is 293 g/mol. The Bertz CT molecular complexity index is 517. The number of ether oxygens (including phenoxy) is 1. The van der Waals surface area contributed by atoms with E-state index in [-0.39, 0.29) is 18.1 Å². The van der Waals surface area contributed by atoms with E-state index < -0.39 is 0 Å². The number of carbonyl (C=O) groups is 1. The van der Waals surface area contributed by atoms with E-state index in [4.69, 9.17) is 9.84 Å². The van der Waals surface area contributed by atoms with Gasteiger partial charge >= 0.3 is 0 Å². The number of thiophene rings is 1. The highest BCUT2D eigenvalue weighted by Gasteiger charge is 2.38. The Labute approximate surface area is 123 Å². The van der Waals surface area contributed by atoms with Gasteiger partial charge < -0.3 is 15.2 Å². The van der Waals surface area contributed by atoms with Gasteiger partial charge in [-0.3, -0.25) is 4.79 Å². The minimum atomic E-state index is -0.225. The van der Waals surface area contributed by atoms with E-state index in [1.165, 1.54) is 0 Å². The molecule has 0 aliphatic heterocycles. The van der Waals surface area contributed by atoms with Gasteiger partial charge in [-0.05, 0) is 25.3 Å². The van der Waals surface area contributed by atoms with Crippen molar-refractivity contribution in [1.29, 1.82) is 0 Å². The molecule has 0 aromatic carbocycles. The fraction of sp³-hybridized carbons (Fsp3) is 0.533. The zero-order valence-electron chi connectivity index (χ0n) is 11.6. The van der Waals surface area contributed by atoms with Gasteiger partial charge in [0.25, 0.3) is 0 Å². The summed E-state index contributed by atoms with van der Waals surface area (Å²) in [6, 6.07) is 1.93. The van der Waals surface area contributed by atoms with Crippen molar-refractivity contribution >= 4 is 17.2 Å². The Morgan fingerprint density at radius 1 is 1.60 bits per heavy atom. The predicted octanol–water partition coefficient (Wildman–Crippen LogP) is 1.67. The summed E-state index contributed by atoms with van der Waals surface area (Å²) in [5.41, 5.74) is 0.651. The maximum Gasteiger partial charge on any atom is 0.223 e. The zero-order chi connectivity index (χ0) is 14.4.